The van der Waals surface area contributed by atoms with Gasteiger partial charge in [-0.1, -0.05) is 0 Å². The third kappa shape index (κ3) is 2.68. The number of aromatic amines is 1. The van der Waals surface area contributed by atoms with Gasteiger partial charge in [-0.2, -0.15) is 0 Å². The average Bonchev–Trinajstić information content (AvgIpc) is 3.07. The van der Waals surface area contributed by atoms with Gasteiger partial charge in [-0.05, 0) is 24.6 Å². The SMILES string of the molecule is COc1ccc2cc(C(=O)N(C)[C@H]3CCS(=O)(=O)C3)[nH]c2c1. The third-order valence-corrected chi connectivity index (χ3v) is 5.89. The molecule has 0 aliphatic carbocycles. The molecule has 1 saturated heterocycles. The summed E-state index contributed by atoms with van der Waals surface area (Å²) in [5, 5.41) is 0.914. The number of aromatic nitrogens is 1. The first-order valence-corrected chi connectivity index (χ1v) is 8.86. The summed E-state index contributed by atoms with van der Waals surface area (Å²) in [6.45, 7) is 0. The molecule has 0 radical (unpaired) electrons. The number of carbonyl (C=O) groups excluding carboxylic acids is 1. The third-order valence-electron chi connectivity index (χ3n) is 4.14. The Morgan fingerprint density at radius 3 is 2.77 bits per heavy atom. The molecule has 118 valence electrons. The number of hydrogen-bond acceptors (Lipinski definition) is 4. The first-order chi connectivity index (χ1) is 10.4. The number of hydrogen-bond donors (Lipinski definition) is 1. The second-order valence-corrected chi connectivity index (χ2v) is 7.84. The normalized spacial score (nSPS) is 20.2. The summed E-state index contributed by atoms with van der Waals surface area (Å²) >= 11 is 0. The van der Waals surface area contributed by atoms with Gasteiger partial charge in [0.05, 0.1) is 18.6 Å². The molecule has 0 unspecified atom stereocenters. The molecule has 22 heavy (non-hydrogen) atoms. The van der Waals surface area contributed by atoms with Crippen molar-refractivity contribution in [3.63, 3.8) is 0 Å². The highest BCUT2D eigenvalue weighted by Crippen LogP contribution is 2.23. The number of H-pyrrole nitrogens is 1. The lowest BCUT2D eigenvalue weighted by atomic mass is 10.2. The first-order valence-electron chi connectivity index (χ1n) is 7.04. The molecule has 3 rings (SSSR count). The fourth-order valence-electron chi connectivity index (χ4n) is 2.79. The Labute approximate surface area is 129 Å². The second-order valence-electron chi connectivity index (χ2n) is 5.61. The van der Waals surface area contributed by atoms with Gasteiger partial charge in [0.1, 0.15) is 11.4 Å². The van der Waals surface area contributed by atoms with Crippen LogP contribution in [0.2, 0.25) is 0 Å². The Morgan fingerprint density at radius 2 is 2.14 bits per heavy atom. The molecule has 2 heterocycles. The van der Waals surface area contributed by atoms with E-state index in [4.69, 9.17) is 4.74 Å². The van der Waals surface area contributed by atoms with Crippen LogP contribution in [0.25, 0.3) is 10.9 Å². The maximum absolute atomic E-state index is 12.5. The number of benzene rings is 1. The smallest absolute Gasteiger partial charge is 0.270 e. The standard InChI is InChI=1S/C15H18N2O4S/c1-17(11-5-6-22(19,20)9-11)15(18)14-7-10-3-4-12(21-2)8-13(10)16-14/h3-4,7-8,11,16H,5-6,9H2,1-2H3/t11-/m0/s1. The highest BCUT2D eigenvalue weighted by atomic mass is 32.2. The number of rotatable bonds is 3. The Morgan fingerprint density at radius 1 is 1.36 bits per heavy atom. The summed E-state index contributed by atoms with van der Waals surface area (Å²) in [6.07, 6.45) is 0.499. The Kier molecular flexibility index (Phi) is 3.60. The van der Waals surface area contributed by atoms with E-state index in [1.165, 1.54) is 4.90 Å². The number of fused-ring (bicyclic) bond motifs is 1. The first kappa shape index (κ1) is 14.9. The molecule has 0 spiro atoms. The molecule has 1 aromatic heterocycles. The number of carbonyl (C=O) groups is 1. The highest BCUT2D eigenvalue weighted by Gasteiger charge is 2.33. The van der Waals surface area contributed by atoms with Crippen LogP contribution in [0.3, 0.4) is 0 Å². The highest BCUT2D eigenvalue weighted by molar-refractivity contribution is 7.91. The number of methoxy groups -OCH3 is 1. The van der Waals surface area contributed by atoms with E-state index in [2.05, 4.69) is 4.98 Å². The van der Waals surface area contributed by atoms with Crippen LogP contribution in [0, 0.1) is 0 Å². The van der Waals surface area contributed by atoms with Crippen LogP contribution in [-0.2, 0) is 9.84 Å². The van der Waals surface area contributed by atoms with Gasteiger partial charge in [0.15, 0.2) is 9.84 Å². The molecule has 7 heteroatoms. The minimum absolute atomic E-state index is 0.0449. The van der Waals surface area contributed by atoms with Crippen molar-refractivity contribution in [2.24, 2.45) is 0 Å². The topological polar surface area (TPSA) is 79.5 Å². The summed E-state index contributed by atoms with van der Waals surface area (Å²) in [6, 6.07) is 7.06. The zero-order chi connectivity index (χ0) is 15.9. The summed E-state index contributed by atoms with van der Waals surface area (Å²) in [5.74, 6) is 0.712. The number of nitrogens with zero attached hydrogens (tertiary/aromatic N) is 1. The summed E-state index contributed by atoms with van der Waals surface area (Å²) in [4.78, 5) is 17.1. The molecule has 1 aliphatic heterocycles. The predicted molar refractivity (Wildman–Crippen MR) is 84.0 cm³/mol. The molecule has 1 N–H and O–H groups in total. The molecule has 0 saturated carbocycles. The van der Waals surface area contributed by atoms with Gasteiger partial charge in [-0.3, -0.25) is 4.79 Å². The molecular weight excluding hydrogens is 304 g/mol. The van der Waals surface area contributed by atoms with Crippen molar-refractivity contribution in [2.75, 3.05) is 25.7 Å². The molecular formula is C15H18N2O4S. The molecule has 0 bridgehead atoms. The quantitative estimate of drug-likeness (QED) is 0.927. The van der Waals surface area contributed by atoms with Crippen LogP contribution in [0.4, 0.5) is 0 Å². The van der Waals surface area contributed by atoms with Crippen molar-refractivity contribution in [2.45, 2.75) is 12.5 Å². The lowest BCUT2D eigenvalue weighted by Gasteiger charge is -2.22. The minimum Gasteiger partial charge on any atom is -0.497 e. The second kappa shape index (κ2) is 5.31. The van der Waals surface area contributed by atoms with E-state index >= 15 is 0 Å². The summed E-state index contributed by atoms with van der Waals surface area (Å²) in [7, 11) is 0.230. The van der Waals surface area contributed by atoms with Crippen molar-refractivity contribution in [1.29, 1.82) is 0 Å². The number of sulfone groups is 1. The lowest BCUT2D eigenvalue weighted by molar-refractivity contribution is 0.0743. The molecule has 1 atom stereocenters. The van der Waals surface area contributed by atoms with Gasteiger partial charge in [-0.15, -0.1) is 0 Å². The van der Waals surface area contributed by atoms with Crippen molar-refractivity contribution in [1.82, 2.24) is 9.88 Å². The molecule has 1 amide bonds. The molecule has 1 aliphatic rings. The van der Waals surface area contributed by atoms with Gasteiger partial charge in [0.2, 0.25) is 0 Å². The van der Waals surface area contributed by atoms with Crippen LogP contribution in [0.15, 0.2) is 24.3 Å². The van der Waals surface area contributed by atoms with Gasteiger partial charge in [-0.25, -0.2) is 8.42 Å². The van der Waals surface area contributed by atoms with E-state index < -0.39 is 9.84 Å². The van der Waals surface area contributed by atoms with Crippen LogP contribution in [0.5, 0.6) is 5.75 Å². The van der Waals surface area contributed by atoms with E-state index in [0.29, 0.717) is 17.9 Å². The molecule has 1 fully saturated rings. The molecule has 6 nitrogen and oxygen atoms in total. The van der Waals surface area contributed by atoms with Crippen LogP contribution in [0.1, 0.15) is 16.9 Å². The fourth-order valence-corrected chi connectivity index (χ4v) is 4.56. The van der Waals surface area contributed by atoms with E-state index in [-0.39, 0.29) is 23.5 Å². The minimum atomic E-state index is -3.01. The van der Waals surface area contributed by atoms with Crippen molar-refractivity contribution >= 4 is 26.6 Å². The zero-order valence-electron chi connectivity index (χ0n) is 12.5. The number of ether oxygens (including phenoxy) is 1. The predicted octanol–water partition coefficient (Wildman–Crippen LogP) is 1.44. The van der Waals surface area contributed by atoms with E-state index in [9.17, 15) is 13.2 Å². The van der Waals surface area contributed by atoms with Crippen LogP contribution < -0.4 is 4.74 Å². The molecule has 1 aromatic carbocycles. The Balaban J connectivity index is 1.85. The summed E-state index contributed by atoms with van der Waals surface area (Å²) < 4.78 is 28.3. The van der Waals surface area contributed by atoms with E-state index in [1.807, 2.05) is 18.2 Å². The Hall–Kier alpha value is -2.02. The largest absolute Gasteiger partial charge is 0.497 e. The van der Waals surface area contributed by atoms with E-state index in [1.54, 1.807) is 20.2 Å². The summed E-state index contributed by atoms with van der Waals surface area (Å²) in [5.41, 5.74) is 1.27. The zero-order valence-corrected chi connectivity index (χ0v) is 13.3. The van der Waals surface area contributed by atoms with Gasteiger partial charge in [0, 0.05) is 30.1 Å². The lowest BCUT2D eigenvalue weighted by Crippen LogP contribution is -2.37. The van der Waals surface area contributed by atoms with Gasteiger partial charge >= 0.3 is 0 Å². The number of amides is 1. The van der Waals surface area contributed by atoms with Crippen LogP contribution >= 0.6 is 0 Å². The maximum atomic E-state index is 12.5. The van der Waals surface area contributed by atoms with E-state index in [0.717, 1.165) is 10.9 Å². The maximum Gasteiger partial charge on any atom is 0.270 e. The van der Waals surface area contributed by atoms with Crippen molar-refractivity contribution in [3.05, 3.63) is 30.0 Å². The van der Waals surface area contributed by atoms with Crippen LogP contribution in [-0.4, -0.2) is 55.9 Å². The van der Waals surface area contributed by atoms with Crippen molar-refractivity contribution < 1.29 is 17.9 Å². The number of nitrogens with one attached hydrogen (secondary N) is 1. The fraction of sp³-hybridized carbons (Fsp3) is 0.400. The molecule has 2 aromatic rings. The Bertz CT molecular complexity index is 825. The monoisotopic (exact) mass is 322 g/mol. The average molecular weight is 322 g/mol. The van der Waals surface area contributed by atoms with Crippen molar-refractivity contribution in [3.8, 4) is 5.75 Å². The van der Waals surface area contributed by atoms with Gasteiger partial charge in [0.25, 0.3) is 5.91 Å². The van der Waals surface area contributed by atoms with Gasteiger partial charge < -0.3 is 14.6 Å².